The molecule has 0 unspecified atom stereocenters. The SMILES string of the molecule is CC(=O)c1ccc(S(=O)(=O)N2CCC(C(=O)NCCCN3CCCCC3)CC2)cc1. The molecule has 166 valence electrons. The first-order valence-electron chi connectivity index (χ1n) is 11.0. The van der Waals surface area contributed by atoms with E-state index in [9.17, 15) is 18.0 Å². The van der Waals surface area contributed by atoms with Crippen LogP contribution in [0.5, 0.6) is 0 Å². The van der Waals surface area contributed by atoms with E-state index in [0.717, 1.165) is 13.0 Å². The molecule has 2 heterocycles. The fourth-order valence-electron chi connectivity index (χ4n) is 4.21. The van der Waals surface area contributed by atoms with Gasteiger partial charge in [0.05, 0.1) is 4.90 Å². The Morgan fingerprint density at radius 2 is 1.63 bits per heavy atom. The lowest BCUT2D eigenvalue weighted by Crippen LogP contribution is -2.43. The molecule has 1 amide bonds. The van der Waals surface area contributed by atoms with Crippen molar-refractivity contribution in [2.24, 2.45) is 5.92 Å². The molecule has 2 aliphatic rings. The maximum Gasteiger partial charge on any atom is 0.243 e. The summed E-state index contributed by atoms with van der Waals surface area (Å²) in [5.74, 6) is -0.190. The Balaban J connectivity index is 1.43. The summed E-state index contributed by atoms with van der Waals surface area (Å²) in [7, 11) is -3.60. The third kappa shape index (κ3) is 5.89. The van der Waals surface area contributed by atoms with Crippen LogP contribution in [-0.4, -0.2) is 68.6 Å². The lowest BCUT2D eigenvalue weighted by atomic mass is 9.97. The summed E-state index contributed by atoms with van der Waals surface area (Å²) in [5, 5.41) is 3.03. The average molecular weight is 436 g/mol. The number of nitrogens with one attached hydrogen (secondary N) is 1. The molecule has 1 aromatic carbocycles. The van der Waals surface area contributed by atoms with Crippen LogP contribution < -0.4 is 5.32 Å². The first kappa shape index (κ1) is 22.9. The number of amides is 1. The van der Waals surface area contributed by atoms with Crippen LogP contribution in [-0.2, 0) is 14.8 Å². The van der Waals surface area contributed by atoms with Gasteiger partial charge in [-0.1, -0.05) is 18.6 Å². The topological polar surface area (TPSA) is 86.8 Å². The lowest BCUT2D eigenvalue weighted by Gasteiger charge is -2.30. The van der Waals surface area contributed by atoms with Gasteiger partial charge in [0.15, 0.2) is 5.78 Å². The van der Waals surface area contributed by atoms with Gasteiger partial charge in [-0.25, -0.2) is 8.42 Å². The largest absolute Gasteiger partial charge is 0.356 e. The zero-order valence-electron chi connectivity index (χ0n) is 17.8. The van der Waals surface area contributed by atoms with Crippen LogP contribution in [0.3, 0.4) is 0 Å². The van der Waals surface area contributed by atoms with Crippen molar-refractivity contribution in [3.8, 4) is 0 Å². The summed E-state index contributed by atoms with van der Waals surface area (Å²) in [6.45, 7) is 6.16. The summed E-state index contributed by atoms with van der Waals surface area (Å²) < 4.78 is 27.1. The summed E-state index contributed by atoms with van der Waals surface area (Å²) in [6, 6.07) is 6.04. The van der Waals surface area contributed by atoms with Gasteiger partial charge in [-0.2, -0.15) is 4.31 Å². The number of nitrogens with zero attached hydrogens (tertiary/aromatic N) is 2. The van der Waals surface area contributed by atoms with Gasteiger partial charge >= 0.3 is 0 Å². The molecule has 1 aromatic rings. The number of benzene rings is 1. The fourth-order valence-corrected chi connectivity index (χ4v) is 5.68. The van der Waals surface area contributed by atoms with Gasteiger partial charge in [-0.05, 0) is 70.8 Å². The van der Waals surface area contributed by atoms with Gasteiger partial charge in [0.1, 0.15) is 0 Å². The Morgan fingerprint density at radius 1 is 1.00 bits per heavy atom. The summed E-state index contributed by atoms with van der Waals surface area (Å²) >= 11 is 0. The Morgan fingerprint density at radius 3 is 2.23 bits per heavy atom. The number of hydrogen-bond donors (Lipinski definition) is 1. The highest BCUT2D eigenvalue weighted by Crippen LogP contribution is 2.24. The van der Waals surface area contributed by atoms with E-state index in [0.29, 0.717) is 38.0 Å². The number of hydrogen-bond acceptors (Lipinski definition) is 5. The van der Waals surface area contributed by atoms with E-state index in [1.165, 1.54) is 55.7 Å². The van der Waals surface area contributed by atoms with Gasteiger partial charge in [0, 0.05) is 31.1 Å². The first-order chi connectivity index (χ1) is 14.4. The molecule has 3 rings (SSSR count). The molecular formula is C22H33N3O4S. The van der Waals surface area contributed by atoms with Crippen molar-refractivity contribution in [3.63, 3.8) is 0 Å². The zero-order chi connectivity index (χ0) is 21.6. The quantitative estimate of drug-likeness (QED) is 0.500. The van der Waals surface area contributed by atoms with Crippen LogP contribution >= 0.6 is 0 Å². The minimum Gasteiger partial charge on any atom is -0.356 e. The number of carbonyl (C=O) groups is 2. The number of ketones is 1. The van der Waals surface area contributed by atoms with Gasteiger partial charge < -0.3 is 10.2 Å². The van der Waals surface area contributed by atoms with Gasteiger partial charge in [-0.3, -0.25) is 9.59 Å². The Labute approximate surface area is 179 Å². The zero-order valence-corrected chi connectivity index (χ0v) is 18.6. The maximum absolute atomic E-state index is 12.8. The molecule has 0 aliphatic carbocycles. The number of carbonyl (C=O) groups excluding carboxylic acids is 2. The van der Waals surface area contributed by atoms with E-state index in [-0.39, 0.29) is 22.5 Å². The molecule has 0 saturated carbocycles. The minimum absolute atomic E-state index is 0.0384. The molecule has 30 heavy (non-hydrogen) atoms. The van der Waals surface area contributed by atoms with Crippen molar-refractivity contribution >= 4 is 21.7 Å². The molecule has 2 fully saturated rings. The highest BCUT2D eigenvalue weighted by Gasteiger charge is 2.32. The predicted octanol–water partition coefficient (Wildman–Crippen LogP) is 2.28. The van der Waals surface area contributed by atoms with Crippen LogP contribution in [0.4, 0.5) is 0 Å². The van der Waals surface area contributed by atoms with Crippen molar-refractivity contribution in [1.29, 1.82) is 0 Å². The Bertz CT molecular complexity index is 824. The third-order valence-electron chi connectivity index (χ3n) is 6.12. The Hall–Kier alpha value is -1.77. The molecule has 0 spiro atoms. The second kappa shape index (κ2) is 10.5. The fraction of sp³-hybridized carbons (Fsp3) is 0.636. The molecule has 0 aromatic heterocycles. The molecule has 0 radical (unpaired) electrons. The van der Waals surface area contributed by atoms with Crippen LogP contribution in [0.2, 0.25) is 0 Å². The van der Waals surface area contributed by atoms with Gasteiger partial charge in [0.2, 0.25) is 15.9 Å². The first-order valence-corrected chi connectivity index (χ1v) is 12.4. The number of Topliss-reactive ketones (excluding diaryl/α,β-unsaturated/α-hetero) is 1. The van der Waals surface area contributed by atoms with Gasteiger partial charge in [0.25, 0.3) is 0 Å². The highest BCUT2D eigenvalue weighted by molar-refractivity contribution is 7.89. The number of sulfonamides is 1. The molecule has 1 N–H and O–H groups in total. The summed E-state index contributed by atoms with van der Waals surface area (Å²) in [6.07, 6.45) is 5.88. The lowest BCUT2D eigenvalue weighted by molar-refractivity contribution is -0.126. The normalized spacial score (nSPS) is 19.5. The second-order valence-corrected chi connectivity index (χ2v) is 10.2. The van der Waals surface area contributed by atoms with Crippen molar-refractivity contribution in [2.75, 3.05) is 39.3 Å². The standard InChI is InChI=1S/C22H33N3O4S/c1-18(26)19-6-8-21(9-7-19)30(28,29)25-16-10-20(11-17-25)22(27)23-12-5-15-24-13-3-2-4-14-24/h6-9,20H,2-5,10-17H2,1H3,(H,23,27). The average Bonchev–Trinajstić information content (AvgIpc) is 2.77. The Kier molecular flexibility index (Phi) is 8.02. The van der Waals surface area contributed by atoms with Crippen molar-refractivity contribution in [2.45, 2.75) is 50.3 Å². The minimum atomic E-state index is -3.60. The van der Waals surface area contributed by atoms with Crippen molar-refractivity contribution in [3.05, 3.63) is 29.8 Å². The van der Waals surface area contributed by atoms with Crippen molar-refractivity contribution in [1.82, 2.24) is 14.5 Å². The summed E-state index contributed by atoms with van der Waals surface area (Å²) in [4.78, 5) is 26.5. The highest BCUT2D eigenvalue weighted by atomic mass is 32.2. The van der Waals surface area contributed by atoms with Crippen LogP contribution in [0.1, 0.15) is 55.8 Å². The van der Waals surface area contributed by atoms with E-state index in [1.807, 2.05) is 0 Å². The number of likely N-dealkylation sites (tertiary alicyclic amines) is 1. The van der Waals surface area contributed by atoms with Crippen molar-refractivity contribution < 1.29 is 18.0 Å². The molecular weight excluding hydrogens is 402 g/mol. The molecule has 0 bridgehead atoms. The van der Waals surface area contributed by atoms with E-state index in [4.69, 9.17) is 0 Å². The monoisotopic (exact) mass is 435 g/mol. The third-order valence-corrected chi connectivity index (χ3v) is 8.04. The van der Waals surface area contributed by atoms with Crippen LogP contribution in [0, 0.1) is 5.92 Å². The molecule has 2 aliphatic heterocycles. The van der Waals surface area contributed by atoms with E-state index in [2.05, 4.69) is 10.2 Å². The smallest absolute Gasteiger partial charge is 0.243 e. The molecule has 7 nitrogen and oxygen atoms in total. The van der Waals surface area contributed by atoms with E-state index in [1.54, 1.807) is 12.1 Å². The van der Waals surface area contributed by atoms with E-state index >= 15 is 0 Å². The molecule has 8 heteroatoms. The molecule has 0 atom stereocenters. The maximum atomic E-state index is 12.8. The number of rotatable bonds is 8. The predicted molar refractivity (Wildman–Crippen MR) is 116 cm³/mol. The summed E-state index contributed by atoms with van der Waals surface area (Å²) in [5.41, 5.74) is 0.490. The van der Waals surface area contributed by atoms with E-state index < -0.39 is 10.0 Å². The molecule has 2 saturated heterocycles. The van der Waals surface area contributed by atoms with Crippen LogP contribution in [0.25, 0.3) is 0 Å². The van der Waals surface area contributed by atoms with Gasteiger partial charge in [-0.15, -0.1) is 0 Å². The number of piperidine rings is 2. The second-order valence-electron chi connectivity index (χ2n) is 8.31. The van der Waals surface area contributed by atoms with Crippen LogP contribution in [0.15, 0.2) is 29.2 Å².